The Balaban J connectivity index is 1.45. The number of aromatic nitrogens is 1. The van der Waals surface area contributed by atoms with Gasteiger partial charge in [-0.25, -0.2) is 4.98 Å². The minimum absolute atomic E-state index is 0.116. The second-order valence-corrected chi connectivity index (χ2v) is 7.14. The Labute approximate surface area is 165 Å². The number of rotatable bonds is 3. The highest BCUT2D eigenvalue weighted by atomic mass is 32.1. The number of carbonyl (C=O) groups is 1. The smallest absolute Gasteiger partial charge is 0.356 e. The number of amides is 1. The van der Waals surface area contributed by atoms with E-state index in [1.165, 1.54) is 12.1 Å². The lowest BCUT2D eigenvalue weighted by molar-refractivity contribution is -0.137. The summed E-state index contributed by atoms with van der Waals surface area (Å²) in [6, 6.07) is 10.6. The Kier molecular flexibility index (Phi) is 4.48. The van der Waals surface area contributed by atoms with Crippen molar-refractivity contribution in [2.75, 3.05) is 11.9 Å². The molecule has 0 fully saturated rings. The number of halogens is 3. The van der Waals surface area contributed by atoms with Crippen LogP contribution in [0, 0.1) is 0 Å². The van der Waals surface area contributed by atoms with Gasteiger partial charge in [-0.1, -0.05) is 6.07 Å². The molecule has 0 bridgehead atoms. The molecule has 0 saturated carbocycles. The molecule has 4 rings (SSSR count). The quantitative estimate of drug-likeness (QED) is 0.660. The molecular weight excluding hydrogens is 387 g/mol. The number of carbonyl (C=O) groups excluding carboxylic acids is 1. The fraction of sp³-hybridized carbons (Fsp3) is 0.200. The largest absolute Gasteiger partial charge is 0.416 e. The third kappa shape index (κ3) is 3.87. The summed E-state index contributed by atoms with van der Waals surface area (Å²) in [6.45, 7) is 1.00. The summed E-state index contributed by atoms with van der Waals surface area (Å²) in [4.78, 5) is 18.2. The first-order valence-electron chi connectivity index (χ1n) is 9.07. The van der Waals surface area contributed by atoms with Gasteiger partial charge >= 0.3 is 6.18 Å². The first-order valence-corrected chi connectivity index (χ1v) is 9.45. The molecule has 2 aromatic carbocycles. The lowest BCUT2D eigenvalue weighted by Crippen LogP contribution is -2.36. The summed E-state index contributed by atoms with van der Waals surface area (Å²) in [6.07, 6.45) is -3.68. The number of benzene rings is 2. The van der Waals surface area contributed by atoms with Gasteiger partial charge < -0.3 is 10.2 Å². The molecule has 0 unspecified atom stereocenters. The van der Waals surface area contributed by atoms with E-state index in [0.29, 0.717) is 30.9 Å². The fourth-order valence-corrected chi connectivity index (χ4v) is 3.63. The number of nitrogens with one attached hydrogen (secondary N) is 1. The van der Waals surface area contributed by atoms with Gasteiger partial charge in [-0.3, -0.25) is 4.79 Å². The molecule has 1 amide bonds. The molecule has 1 aromatic heterocycles. The number of fused-ring (bicyclic) bond motifs is 1. The van der Waals surface area contributed by atoms with Gasteiger partial charge in [0.15, 0.2) is 0 Å². The predicted octanol–water partition coefficient (Wildman–Crippen LogP) is 5.10. The van der Waals surface area contributed by atoms with Gasteiger partial charge in [-0.15, -0.1) is 11.3 Å². The van der Waals surface area contributed by atoms with Gasteiger partial charge in [0.2, 0.25) is 0 Å². The normalized spacial score (nSPS) is 14.4. The van der Waals surface area contributed by atoms with Gasteiger partial charge in [0, 0.05) is 29.8 Å². The average Bonchev–Trinajstić information content (AvgIpc) is 3.13. The number of hydrogen-bond donors (Lipinski definition) is 1. The van der Waals surface area contributed by atoms with Crippen molar-refractivity contribution in [1.82, 2.24) is 9.88 Å². The molecule has 8 heteroatoms. The van der Waals surface area contributed by atoms with Crippen LogP contribution >= 0.6 is 11.3 Å². The molecule has 3 aromatic rings. The van der Waals surface area contributed by atoms with Gasteiger partial charge in [0.25, 0.3) is 5.91 Å². The molecule has 0 radical (unpaired) electrons. The van der Waals surface area contributed by atoms with Gasteiger partial charge in [-0.2, -0.15) is 13.2 Å². The molecule has 4 nitrogen and oxygen atoms in total. The zero-order valence-corrected chi connectivity index (χ0v) is 15.4. The van der Waals surface area contributed by atoms with Gasteiger partial charge in [0.05, 0.1) is 12.4 Å². The third-order valence-electron chi connectivity index (χ3n) is 4.62. The summed E-state index contributed by atoms with van der Waals surface area (Å²) >= 11 is 1.12. The van der Waals surface area contributed by atoms with E-state index in [1.807, 2.05) is 18.2 Å². The van der Waals surface area contributed by atoms with Crippen LogP contribution in [-0.4, -0.2) is 22.3 Å². The van der Waals surface area contributed by atoms with Crippen LogP contribution in [0.15, 0.2) is 53.3 Å². The highest BCUT2D eigenvalue weighted by Gasteiger charge is 2.30. The Hall–Kier alpha value is -2.87. The van der Waals surface area contributed by atoms with Crippen LogP contribution in [0.3, 0.4) is 0 Å². The van der Waals surface area contributed by atoms with Crippen molar-refractivity contribution in [3.05, 3.63) is 75.7 Å². The van der Waals surface area contributed by atoms with Crippen LogP contribution in [0.4, 0.5) is 24.5 Å². The Morgan fingerprint density at radius 3 is 2.57 bits per heavy atom. The Morgan fingerprint density at radius 1 is 1.14 bits per heavy atom. The summed E-state index contributed by atoms with van der Waals surface area (Å²) in [7, 11) is 0. The fourth-order valence-electron chi connectivity index (χ4n) is 3.16. The summed E-state index contributed by atoms with van der Waals surface area (Å²) < 4.78 is 45.5. The molecule has 0 spiro atoms. The van der Waals surface area contributed by atoms with Crippen molar-refractivity contribution in [3.8, 4) is 0 Å². The van der Waals surface area contributed by atoms with E-state index in [1.54, 1.807) is 10.3 Å². The minimum Gasteiger partial charge on any atom is -0.356 e. The van der Waals surface area contributed by atoms with Crippen LogP contribution in [-0.2, 0) is 19.1 Å². The maximum Gasteiger partial charge on any atom is 0.416 e. The second-order valence-electron chi connectivity index (χ2n) is 6.48. The molecule has 0 atom stereocenters. The predicted molar refractivity (Wildman–Crippen MR) is 102 cm³/mol. The Morgan fingerprint density at radius 2 is 1.89 bits per heavy atom. The van der Waals surface area contributed by atoms with Gasteiger partial charge in [-0.05, 0) is 53.9 Å². The van der Waals surface area contributed by atoms with E-state index in [4.69, 9.17) is 1.37 Å². The lowest BCUT2D eigenvalue weighted by atomic mass is 9.98. The van der Waals surface area contributed by atoms with Crippen LogP contribution in [0.5, 0.6) is 0 Å². The monoisotopic (exact) mass is 404 g/mol. The molecular formula is C20H16F3N3OS. The molecule has 1 aliphatic rings. The van der Waals surface area contributed by atoms with Crippen LogP contribution in [0.1, 0.15) is 28.5 Å². The first-order chi connectivity index (χ1) is 13.8. The summed E-state index contributed by atoms with van der Waals surface area (Å²) in [5, 5.41) is 4.71. The zero-order chi connectivity index (χ0) is 20.6. The number of alkyl halides is 3. The summed E-state index contributed by atoms with van der Waals surface area (Å²) in [5.74, 6) is -0.183. The van der Waals surface area contributed by atoms with Crippen molar-refractivity contribution >= 4 is 28.6 Å². The maximum atomic E-state index is 12.7. The van der Waals surface area contributed by atoms with Crippen molar-refractivity contribution in [2.45, 2.75) is 19.1 Å². The molecule has 28 heavy (non-hydrogen) atoms. The molecule has 1 aliphatic heterocycles. The van der Waals surface area contributed by atoms with E-state index in [9.17, 15) is 18.0 Å². The third-order valence-corrected chi connectivity index (χ3v) is 5.15. The number of thiazole rings is 1. The van der Waals surface area contributed by atoms with Crippen molar-refractivity contribution in [2.24, 2.45) is 0 Å². The van der Waals surface area contributed by atoms with Gasteiger partial charge in [0.1, 0.15) is 5.69 Å². The van der Waals surface area contributed by atoms with E-state index >= 15 is 0 Å². The molecule has 144 valence electrons. The zero-order valence-electron chi connectivity index (χ0n) is 15.6. The Bertz CT molecular complexity index is 1050. The van der Waals surface area contributed by atoms with Crippen molar-refractivity contribution in [1.29, 1.82) is 0 Å². The maximum absolute atomic E-state index is 12.7. The molecule has 2 heterocycles. The van der Waals surface area contributed by atoms with E-state index in [-0.39, 0.29) is 11.4 Å². The highest BCUT2D eigenvalue weighted by Crippen LogP contribution is 2.31. The van der Waals surface area contributed by atoms with E-state index < -0.39 is 11.7 Å². The second kappa shape index (κ2) is 7.27. The standard InChI is InChI=1S/C20H16F3N3OS/c21-20(22,23)15-2-5-16(6-3-15)25-17-4-1-14-10-26(8-7-13(14)9-17)19(27)18-11-28-12-24-18/h1-6,9,11-12,25H,7-8,10H2/i12D. The SMILES string of the molecule is [2H]c1nc(C(=O)N2CCc3cc(Nc4ccc(C(F)(F)F)cc4)ccc3C2)cs1. The number of hydrogen-bond acceptors (Lipinski definition) is 4. The number of nitrogens with zero attached hydrogens (tertiary/aromatic N) is 2. The highest BCUT2D eigenvalue weighted by molar-refractivity contribution is 7.07. The number of anilines is 2. The lowest BCUT2D eigenvalue weighted by Gasteiger charge is -2.28. The van der Waals surface area contributed by atoms with Crippen LogP contribution in [0.25, 0.3) is 0 Å². The van der Waals surface area contributed by atoms with Crippen LogP contribution in [0.2, 0.25) is 0 Å². The molecule has 0 saturated heterocycles. The van der Waals surface area contributed by atoms with Crippen molar-refractivity contribution < 1.29 is 19.3 Å². The van der Waals surface area contributed by atoms with Crippen LogP contribution < -0.4 is 5.32 Å². The average molecular weight is 404 g/mol. The topological polar surface area (TPSA) is 45.2 Å². The first kappa shape index (κ1) is 17.2. The van der Waals surface area contributed by atoms with E-state index in [0.717, 1.165) is 40.3 Å². The van der Waals surface area contributed by atoms with E-state index in [2.05, 4.69) is 10.3 Å². The summed E-state index contributed by atoms with van der Waals surface area (Å²) in [5.41, 5.74) is 3.18. The minimum atomic E-state index is -4.35. The van der Waals surface area contributed by atoms with Crippen molar-refractivity contribution in [3.63, 3.8) is 0 Å². The molecule has 1 N–H and O–H groups in total. The molecule has 0 aliphatic carbocycles.